The third-order valence-corrected chi connectivity index (χ3v) is 3.37. The largest absolute Gasteiger partial charge is 0.383 e. The molecule has 6 nitrogen and oxygen atoms in total. The van der Waals surface area contributed by atoms with E-state index in [-0.39, 0.29) is 5.91 Å². The van der Waals surface area contributed by atoms with Crippen LogP contribution < -0.4 is 10.6 Å². The summed E-state index contributed by atoms with van der Waals surface area (Å²) in [7, 11) is 3.60. The third kappa shape index (κ3) is 5.30. The Balaban J connectivity index is 2.20. The number of nitrogens with one attached hydrogen (secondary N) is 2. The minimum Gasteiger partial charge on any atom is -0.383 e. The first-order chi connectivity index (χ1) is 9.56. The Labute approximate surface area is 120 Å². The van der Waals surface area contributed by atoms with Crippen LogP contribution in [0.1, 0.15) is 23.4 Å². The average molecular weight is 282 g/mol. The third-order valence-electron chi connectivity index (χ3n) is 3.37. The summed E-state index contributed by atoms with van der Waals surface area (Å²) >= 11 is 0. The summed E-state index contributed by atoms with van der Waals surface area (Å²) in [5.41, 5.74) is 3.33. The molecule has 0 aliphatic carbocycles. The fourth-order valence-corrected chi connectivity index (χ4v) is 2.10. The Hall–Kier alpha value is -1.40. The lowest BCUT2D eigenvalue weighted by Crippen LogP contribution is -2.33. The second kappa shape index (κ2) is 8.71. The summed E-state index contributed by atoms with van der Waals surface area (Å²) in [6.45, 7) is 6.93. The molecule has 0 aromatic carbocycles. The lowest BCUT2D eigenvalue weighted by atomic mass is 10.1. The highest BCUT2D eigenvalue weighted by molar-refractivity contribution is 5.76. The predicted molar refractivity (Wildman–Crippen MR) is 78.8 cm³/mol. The summed E-state index contributed by atoms with van der Waals surface area (Å²) in [6, 6.07) is 0. The van der Waals surface area contributed by atoms with Crippen LogP contribution in [0, 0.1) is 13.8 Å². The molecule has 0 spiro atoms. The molecule has 114 valence electrons. The van der Waals surface area contributed by atoms with Crippen LogP contribution in [-0.2, 0) is 23.0 Å². The highest BCUT2D eigenvalue weighted by atomic mass is 16.5. The zero-order chi connectivity index (χ0) is 15.0. The second-order valence-corrected chi connectivity index (χ2v) is 4.87. The molecule has 0 unspecified atom stereocenters. The number of nitrogens with zero attached hydrogens (tertiary/aromatic N) is 2. The number of carbonyl (C=O) groups excluding carboxylic acids is 1. The number of aromatic nitrogens is 2. The van der Waals surface area contributed by atoms with E-state index in [4.69, 9.17) is 4.74 Å². The van der Waals surface area contributed by atoms with E-state index in [1.165, 1.54) is 5.56 Å². The van der Waals surface area contributed by atoms with Gasteiger partial charge in [-0.15, -0.1) is 0 Å². The van der Waals surface area contributed by atoms with E-state index in [1.54, 1.807) is 7.11 Å². The molecule has 1 rings (SSSR count). The number of rotatable bonds is 9. The molecule has 0 bridgehead atoms. The molecule has 0 atom stereocenters. The van der Waals surface area contributed by atoms with E-state index in [2.05, 4.69) is 15.7 Å². The zero-order valence-corrected chi connectivity index (χ0v) is 13.0. The predicted octanol–water partition coefficient (Wildman–Crippen LogP) is 0.322. The Kier molecular flexibility index (Phi) is 7.25. The van der Waals surface area contributed by atoms with Crippen molar-refractivity contribution in [2.75, 3.05) is 33.4 Å². The highest BCUT2D eigenvalue weighted by Crippen LogP contribution is 2.13. The standard InChI is InChI=1S/C14H26N4O2/c1-11-13(12(2)18(3)17-11)5-6-14(19)16-8-7-15-9-10-20-4/h15H,5-10H2,1-4H3,(H,16,19). The number of methoxy groups -OCH3 is 1. The van der Waals surface area contributed by atoms with Crippen molar-refractivity contribution in [1.29, 1.82) is 0 Å². The van der Waals surface area contributed by atoms with E-state index in [1.807, 2.05) is 25.6 Å². The van der Waals surface area contributed by atoms with Gasteiger partial charge in [0.2, 0.25) is 5.91 Å². The molecule has 0 fully saturated rings. The fourth-order valence-electron chi connectivity index (χ4n) is 2.10. The first-order valence-corrected chi connectivity index (χ1v) is 7.01. The van der Waals surface area contributed by atoms with E-state index in [9.17, 15) is 4.79 Å². The zero-order valence-electron chi connectivity index (χ0n) is 13.0. The number of amides is 1. The summed E-state index contributed by atoms with van der Waals surface area (Å²) in [4.78, 5) is 11.7. The van der Waals surface area contributed by atoms with Gasteiger partial charge in [-0.1, -0.05) is 0 Å². The van der Waals surface area contributed by atoms with Gasteiger partial charge in [-0.05, 0) is 25.8 Å². The lowest BCUT2D eigenvalue weighted by molar-refractivity contribution is -0.121. The molecule has 1 aromatic rings. The summed E-state index contributed by atoms with van der Waals surface area (Å²) < 4.78 is 6.79. The van der Waals surface area contributed by atoms with E-state index < -0.39 is 0 Å². The van der Waals surface area contributed by atoms with Crippen LogP contribution in [0.15, 0.2) is 0 Å². The van der Waals surface area contributed by atoms with Gasteiger partial charge in [0.05, 0.1) is 12.3 Å². The maximum Gasteiger partial charge on any atom is 0.220 e. The SMILES string of the molecule is COCCNCCNC(=O)CCc1c(C)nn(C)c1C. The van der Waals surface area contributed by atoms with Gasteiger partial charge >= 0.3 is 0 Å². The topological polar surface area (TPSA) is 68.2 Å². The second-order valence-electron chi connectivity index (χ2n) is 4.87. The van der Waals surface area contributed by atoms with Crippen LogP contribution in [0.3, 0.4) is 0 Å². The fraction of sp³-hybridized carbons (Fsp3) is 0.714. The van der Waals surface area contributed by atoms with Crippen LogP contribution in [0.5, 0.6) is 0 Å². The first kappa shape index (κ1) is 16.7. The number of ether oxygens (including phenoxy) is 1. The summed E-state index contributed by atoms with van der Waals surface area (Å²) in [6.07, 6.45) is 1.25. The number of carbonyl (C=O) groups is 1. The Morgan fingerprint density at radius 3 is 2.65 bits per heavy atom. The van der Waals surface area contributed by atoms with Gasteiger partial charge < -0.3 is 15.4 Å². The normalized spacial score (nSPS) is 10.8. The molecule has 6 heteroatoms. The Bertz CT molecular complexity index is 429. The van der Waals surface area contributed by atoms with Crippen molar-refractivity contribution in [3.8, 4) is 0 Å². The quantitative estimate of drug-likeness (QED) is 0.640. The van der Waals surface area contributed by atoms with Crippen molar-refractivity contribution in [3.05, 3.63) is 17.0 Å². The van der Waals surface area contributed by atoms with Crippen molar-refractivity contribution in [1.82, 2.24) is 20.4 Å². The molecule has 0 aliphatic rings. The van der Waals surface area contributed by atoms with Crippen LogP contribution >= 0.6 is 0 Å². The van der Waals surface area contributed by atoms with Crippen molar-refractivity contribution < 1.29 is 9.53 Å². The molecular weight excluding hydrogens is 256 g/mol. The van der Waals surface area contributed by atoms with E-state index in [0.717, 1.165) is 30.9 Å². The van der Waals surface area contributed by atoms with Gasteiger partial charge in [0, 0.05) is 45.9 Å². The van der Waals surface area contributed by atoms with Crippen LogP contribution in [0.4, 0.5) is 0 Å². The minimum atomic E-state index is 0.0844. The van der Waals surface area contributed by atoms with Crippen molar-refractivity contribution in [3.63, 3.8) is 0 Å². The summed E-state index contributed by atoms with van der Waals surface area (Å²) in [5.74, 6) is 0.0844. The van der Waals surface area contributed by atoms with Crippen LogP contribution in [0.25, 0.3) is 0 Å². The van der Waals surface area contributed by atoms with Crippen molar-refractivity contribution in [2.24, 2.45) is 7.05 Å². The molecule has 1 aromatic heterocycles. The molecule has 20 heavy (non-hydrogen) atoms. The number of hydrogen-bond acceptors (Lipinski definition) is 4. The van der Waals surface area contributed by atoms with E-state index >= 15 is 0 Å². The van der Waals surface area contributed by atoms with Gasteiger partial charge in [-0.3, -0.25) is 9.48 Å². The lowest BCUT2D eigenvalue weighted by Gasteiger charge is -2.07. The van der Waals surface area contributed by atoms with Crippen molar-refractivity contribution in [2.45, 2.75) is 26.7 Å². The summed E-state index contributed by atoms with van der Waals surface area (Å²) in [5, 5.41) is 10.4. The number of hydrogen-bond donors (Lipinski definition) is 2. The van der Waals surface area contributed by atoms with Gasteiger partial charge in [-0.25, -0.2) is 0 Å². The molecule has 1 heterocycles. The van der Waals surface area contributed by atoms with Gasteiger partial charge in [-0.2, -0.15) is 5.10 Å². The minimum absolute atomic E-state index is 0.0844. The molecule has 1 amide bonds. The maximum absolute atomic E-state index is 11.7. The molecular formula is C14H26N4O2. The first-order valence-electron chi connectivity index (χ1n) is 7.01. The average Bonchev–Trinajstić information content (AvgIpc) is 2.65. The van der Waals surface area contributed by atoms with Crippen molar-refractivity contribution >= 4 is 5.91 Å². The van der Waals surface area contributed by atoms with Crippen LogP contribution in [-0.4, -0.2) is 49.0 Å². The smallest absolute Gasteiger partial charge is 0.220 e. The Morgan fingerprint density at radius 2 is 2.05 bits per heavy atom. The van der Waals surface area contributed by atoms with Gasteiger partial charge in [0.15, 0.2) is 0 Å². The molecule has 0 radical (unpaired) electrons. The van der Waals surface area contributed by atoms with Crippen LogP contribution in [0.2, 0.25) is 0 Å². The maximum atomic E-state index is 11.7. The monoisotopic (exact) mass is 282 g/mol. The van der Waals surface area contributed by atoms with E-state index in [0.29, 0.717) is 19.6 Å². The highest BCUT2D eigenvalue weighted by Gasteiger charge is 2.10. The molecule has 0 saturated carbocycles. The molecule has 0 aliphatic heterocycles. The molecule has 2 N–H and O–H groups in total. The van der Waals surface area contributed by atoms with Gasteiger partial charge in [0.1, 0.15) is 0 Å². The number of aryl methyl sites for hydroxylation is 2. The Morgan fingerprint density at radius 1 is 1.30 bits per heavy atom. The molecule has 0 saturated heterocycles. The van der Waals surface area contributed by atoms with Gasteiger partial charge in [0.25, 0.3) is 0 Å².